The summed E-state index contributed by atoms with van der Waals surface area (Å²) in [5.41, 5.74) is 3.26. The number of sulfonamides is 1. The summed E-state index contributed by atoms with van der Waals surface area (Å²) >= 11 is 0. The van der Waals surface area contributed by atoms with E-state index in [1.807, 2.05) is 4.90 Å². The van der Waals surface area contributed by atoms with Crippen LogP contribution >= 0.6 is 0 Å². The van der Waals surface area contributed by atoms with Crippen molar-refractivity contribution in [3.8, 4) is 5.69 Å². The maximum atomic E-state index is 13.7. The van der Waals surface area contributed by atoms with E-state index in [1.165, 1.54) is 22.6 Å². The summed E-state index contributed by atoms with van der Waals surface area (Å²) < 4.78 is 63.3. The van der Waals surface area contributed by atoms with Gasteiger partial charge in [-0.3, -0.25) is 0 Å². The highest BCUT2D eigenvalue weighted by atomic mass is 32.2. The molecule has 1 aliphatic carbocycles. The van der Waals surface area contributed by atoms with Gasteiger partial charge in [0.1, 0.15) is 22.7 Å². The zero-order valence-electron chi connectivity index (χ0n) is 21.1. The van der Waals surface area contributed by atoms with Crippen LogP contribution in [-0.2, 0) is 21.2 Å². The van der Waals surface area contributed by atoms with Crippen molar-refractivity contribution in [1.82, 2.24) is 19.1 Å². The largest absolute Gasteiger partial charge is 0.384 e. The number of alkyl halides is 1. The van der Waals surface area contributed by atoms with Gasteiger partial charge in [-0.2, -0.15) is 9.40 Å². The first kappa shape index (κ1) is 25.1. The van der Waals surface area contributed by atoms with Crippen molar-refractivity contribution in [1.29, 1.82) is 0 Å². The number of rotatable bonds is 6. The molecule has 200 valence electrons. The SMILES string of the molecule is COCC12Cc3cnn(-c4ccc(F)cc4)c3C=C1CCN(S(=O)(=O)c1ccc(N3CCC(F)C3)nc1)C2. The second-order valence-electron chi connectivity index (χ2n) is 10.3. The van der Waals surface area contributed by atoms with Crippen LogP contribution in [0.2, 0.25) is 0 Å². The maximum absolute atomic E-state index is 13.7. The van der Waals surface area contributed by atoms with E-state index in [-0.39, 0.29) is 23.8 Å². The van der Waals surface area contributed by atoms with Crippen molar-refractivity contribution >= 4 is 21.9 Å². The summed E-state index contributed by atoms with van der Waals surface area (Å²) in [6.45, 7) is 1.81. The van der Waals surface area contributed by atoms with Gasteiger partial charge in [-0.05, 0) is 67.3 Å². The van der Waals surface area contributed by atoms with Gasteiger partial charge in [0.15, 0.2) is 0 Å². The van der Waals surface area contributed by atoms with Gasteiger partial charge in [0.25, 0.3) is 0 Å². The number of fused-ring (bicyclic) bond motifs is 2. The molecule has 0 N–H and O–H groups in total. The van der Waals surface area contributed by atoms with Gasteiger partial charge in [0.2, 0.25) is 10.0 Å². The molecule has 2 atom stereocenters. The second-order valence-corrected chi connectivity index (χ2v) is 12.2. The van der Waals surface area contributed by atoms with Crippen molar-refractivity contribution in [2.45, 2.75) is 30.3 Å². The summed E-state index contributed by atoms with van der Waals surface area (Å²) in [5, 5.41) is 4.55. The summed E-state index contributed by atoms with van der Waals surface area (Å²) in [7, 11) is -2.17. The normalized spacial score (nSPS) is 23.7. The molecule has 0 spiro atoms. The van der Waals surface area contributed by atoms with Crippen LogP contribution in [0.1, 0.15) is 24.1 Å². The molecular weight excluding hydrogens is 512 g/mol. The van der Waals surface area contributed by atoms with E-state index in [9.17, 15) is 17.2 Å². The Morgan fingerprint density at radius 2 is 1.95 bits per heavy atom. The number of anilines is 1. The number of benzene rings is 1. The molecule has 2 unspecified atom stereocenters. The lowest BCUT2D eigenvalue weighted by Crippen LogP contribution is -2.51. The molecule has 0 amide bonds. The Hall–Kier alpha value is -3.15. The highest BCUT2D eigenvalue weighted by Gasteiger charge is 2.46. The quantitative estimate of drug-likeness (QED) is 0.474. The molecule has 2 fully saturated rings. The number of nitrogens with zero attached hydrogens (tertiary/aromatic N) is 5. The molecule has 11 heteroatoms. The van der Waals surface area contributed by atoms with E-state index in [4.69, 9.17) is 4.74 Å². The van der Waals surface area contributed by atoms with Gasteiger partial charge in [-0.25, -0.2) is 26.9 Å². The molecule has 8 nitrogen and oxygen atoms in total. The van der Waals surface area contributed by atoms with Crippen LogP contribution in [0, 0.1) is 11.2 Å². The predicted octanol–water partition coefficient (Wildman–Crippen LogP) is 3.62. The molecule has 4 heterocycles. The van der Waals surface area contributed by atoms with Crippen LogP contribution in [0.3, 0.4) is 0 Å². The summed E-state index contributed by atoms with van der Waals surface area (Å²) in [6, 6.07) is 9.40. The molecule has 0 radical (unpaired) electrons. The van der Waals surface area contributed by atoms with E-state index in [0.717, 1.165) is 22.5 Å². The number of pyridine rings is 1. The Labute approximate surface area is 220 Å². The minimum Gasteiger partial charge on any atom is -0.384 e. The van der Waals surface area contributed by atoms with Crippen LogP contribution < -0.4 is 4.90 Å². The van der Waals surface area contributed by atoms with E-state index in [0.29, 0.717) is 44.8 Å². The zero-order chi connectivity index (χ0) is 26.5. The number of piperidine rings is 1. The second kappa shape index (κ2) is 9.55. The fraction of sp³-hybridized carbons (Fsp3) is 0.407. The predicted molar refractivity (Wildman–Crippen MR) is 139 cm³/mol. The van der Waals surface area contributed by atoms with Crippen LogP contribution in [0.5, 0.6) is 0 Å². The zero-order valence-corrected chi connectivity index (χ0v) is 21.9. The Balaban J connectivity index is 1.27. The van der Waals surface area contributed by atoms with Gasteiger partial charge in [0, 0.05) is 38.4 Å². The molecule has 6 rings (SSSR count). The number of hydrogen-bond donors (Lipinski definition) is 0. The summed E-state index contributed by atoms with van der Waals surface area (Å²) in [5.74, 6) is 0.275. The standard InChI is InChI=1S/C27H29F2N5O3S/c1-37-18-27-13-19-14-31-34(23-4-2-21(28)3-5-23)25(19)12-20(27)8-11-33(17-27)38(35,36)24-6-7-26(30-15-24)32-10-9-22(29)16-32/h2-7,12,14-15,22H,8-11,13,16-18H2,1H3. The fourth-order valence-corrected chi connectivity index (χ4v) is 7.35. The topological polar surface area (TPSA) is 80.6 Å². The molecule has 2 aromatic heterocycles. The molecule has 0 bridgehead atoms. The molecule has 1 aromatic carbocycles. The highest BCUT2D eigenvalue weighted by molar-refractivity contribution is 7.89. The van der Waals surface area contributed by atoms with Crippen molar-refractivity contribution < 1.29 is 21.9 Å². The Morgan fingerprint density at radius 1 is 1.13 bits per heavy atom. The number of hydrogen-bond acceptors (Lipinski definition) is 6. The van der Waals surface area contributed by atoms with Crippen LogP contribution in [0.15, 0.2) is 59.3 Å². The number of halogens is 2. The van der Waals surface area contributed by atoms with E-state index < -0.39 is 21.6 Å². The molecule has 2 saturated heterocycles. The van der Waals surface area contributed by atoms with Crippen molar-refractivity contribution in [3.05, 3.63) is 71.4 Å². The maximum Gasteiger partial charge on any atom is 0.244 e. The lowest BCUT2D eigenvalue weighted by molar-refractivity contribution is 0.0733. The van der Waals surface area contributed by atoms with Crippen molar-refractivity contribution in [2.75, 3.05) is 44.8 Å². The van der Waals surface area contributed by atoms with Gasteiger partial charge in [0.05, 0.1) is 30.7 Å². The third-order valence-electron chi connectivity index (χ3n) is 7.82. The first-order chi connectivity index (χ1) is 18.3. The van der Waals surface area contributed by atoms with Crippen LogP contribution in [0.25, 0.3) is 11.8 Å². The van der Waals surface area contributed by atoms with Crippen molar-refractivity contribution in [2.24, 2.45) is 5.41 Å². The van der Waals surface area contributed by atoms with E-state index in [1.54, 1.807) is 42.3 Å². The molecule has 0 saturated carbocycles. The lowest BCUT2D eigenvalue weighted by atomic mass is 9.69. The third-order valence-corrected chi connectivity index (χ3v) is 9.65. The van der Waals surface area contributed by atoms with Gasteiger partial charge < -0.3 is 9.64 Å². The molecule has 38 heavy (non-hydrogen) atoms. The van der Waals surface area contributed by atoms with Crippen LogP contribution in [-0.4, -0.2) is 73.6 Å². The smallest absolute Gasteiger partial charge is 0.244 e. The molecule has 3 aliphatic rings. The number of methoxy groups -OCH3 is 1. The average molecular weight is 542 g/mol. The highest BCUT2D eigenvalue weighted by Crippen LogP contribution is 2.45. The van der Waals surface area contributed by atoms with Gasteiger partial charge >= 0.3 is 0 Å². The molecule has 3 aromatic rings. The van der Waals surface area contributed by atoms with E-state index in [2.05, 4.69) is 16.2 Å². The van der Waals surface area contributed by atoms with Gasteiger partial charge in [-0.1, -0.05) is 5.57 Å². The number of ether oxygens (including phenoxy) is 1. The monoisotopic (exact) mass is 541 g/mol. The average Bonchev–Trinajstić information content (AvgIpc) is 3.53. The Morgan fingerprint density at radius 3 is 2.63 bits per heavy atom. The lowest BCUT2D eigenvalue weighted by Gasteiger charge is -2.45. The Bertz CT molecular complexity index is 1470. The third kappa shape index (κ3) is 4.32. The molecule has 2 aliphatic heterocycles. The first-order valence-corrected chi connectivity index (χ1v) is 14.1. The fourth-order valence-electron chi connectivity index (χ4n) is 5.88. The number of aromatic nitrogens is 3. The summed E-state index contributed by atoms with van der Waals surface area (Å²) in [4.78, 5) is 6.30. The summed E-state index contributed by atoms with van der Waals surface area (Å²) in [6.07, 6.45) is 5.95. The van der Waals surface area contributed by atoms with Crippen LogP contribution in [0.4, 0.5) is 14.6 Å². The minimum absolute atomic E-state index is 0.123. The van der Waals surface area contributed by atoms with Gasteiger partial charge in [-0.15, -0.1) is 0 Å². The van der Waals surface area contributed by atoms with Crippen molar-refractivity contribution in [3.63, 3.8) is 0 Å². The minimum atomic E-state index is -3.80. The molecular formula is C27H29F2N5O3S. The van der Waals surface area contributed by atoms with E-state index >= 15 is 0 Å². The Kier molecular flexibility index (Phi) is 6.32. The first-order valence-electron chi connectivity index (χ1n) is 12.7.